The van der Waals surface area contributed by atoms with Crippen molar-refractivity contribution in [2.75, 3.05) is 6.54 Å². The summed E-state index contributed by atoms with van der Waals surface area (Å²) in [7, 11) is 0. The molecule has 112 valence electrons. The third-order valence-corrected chi connectivity index (χ3v) is 3.60. The predicted molar refractivity (Wildman–Crippen MR) is 82.7 cm³/mol. The highest BCUT2D eigenvalue weighted by Gasteiger charge is 2.17. The Labute approximate surface area is 128 Å². The van der Waals surface area contributed by atoms with Crippen LogP contribution in [0.2, 0.25) is 5.02 Å². The maximum Gasteiger partial charge on any atom is 0.126 e. The van der Waals surface area contributed by atoms with Gasteiger partial charge < -0.3 is 5.32 Å². The van der Waals surface area contributed by atoms with Crippen molar-refractivity contribution >= 4 is 11.6 Å². The molecule has 1 unspecified atom stereocenters. The lowest BCUT2D eigenvalue weighted by Crippen LogP contribution is -2.24. The van der Waals surface area contributed by atoms with Crippen molar-refractivity contribution in [1.29, 1.82) is 0 Å². The Morgan fingerprint density at radius 1 is 1.10 bits per heavy atom. The first kappa shape index (κ1) is 15.9. The van der Waals surface area contributed by atoms with E-state index in [0.29, 0.717) is 10.6 Å². The number of hydrogen-bond donors (Lipinski definition) is 1. The molecule has 0 saturated carbocycles. The maximum absolute atomic E-state index is 13.5. The molecule has 0 fully saturated rings. The highest BCUT2D eigenvalue weighted by molar-refractivity contribution is 6.30. The smallest absolute Gasteiger partial charge is 0.126 e. The van der Waals surface area contributed by atoms with Gasteiger partial charge in [-0.25, -0.2) is 8.78 Å². The monoisotopic (exact) mass is 309 g/mol. The number of halogens is 3. The lowest BCUT2D eigenvalue weighted by atomic mass is 9.94. The minimum absolute atomic E-state index is 0.283. The summed E-state index contributed by atoms with van der Waals surface area (Å²) in [6.45, 7) is 4.75. The van der Waals surface area contributed by atoms with Crippen LogP contribution in [0.1, 0.15) is 36.1 Å². The summed E-state index contributed by atoms with van der Waals surface area (Å²) in [5.41, 5.74) is 2.52. The maximum atomic E-state index is 13.5. The Bertz CT molecular complexity index is 608. The molecule has 0 bridgehead atoms. The zero-order chi connectivity index (χ0) is 15.4. The molecule has 1 nitrogen and oxygen atoms in total. The van der Waals surface area contributed by atoms with Gasteiger partial charge in [0.05, 0.1) is 6.04 Å². The summed E-state index contributed by atoms with van der Waals surface area (Å²) < 4.78 is 27.0. The van der Waals surface area contributed by atoms with Gasteiger partial charge in [-0.2, -0.15) is 0 Å². The van der Waals surface area contributed by atoms with Crippen LogP contribution in [0.4, 0.5) is 8.78 Å². The second-order valence-corrected chi connectivity index (χ2v) is 5.53. The summed E-state index contributed by atoms with van der Waals surface area (Å²) in [5.74, 6) is -1.15. The highest BCUT2D eigenvalue weighted by atomic mass is 35.5. The summed E-state index contributed by atoms with van der Waals surface area (Å²) >= 11 is 6.07. The summed E-state index contributed by atoms with van der Waals surface area (Å²) in [6, 6.07) is 8.87. The van der Waals surface area contributed by atoms with Gasteiger partial charge in [0.15, 0.2) is 0 Å². The molecular weight excluding hydrogens is 292 g/mol. The quantitative estimate of drug-likeness (QED) is 0.818. The van der Waals surface area contributed by atoms with Crippen molar-refractivity contribution in [1.82, 2.24) is 5.32 Å². The molecule has 21 heavy (non-hydrogen) atoms. The van der Waals surface area contributed by atoms with Crippen LogP contribution in [0.3, 0.4) is 0 Å². The first-order valence-electron chi connectivity index (χ1n) is 6.96. The van der Waals surface area contributed by atoms with Gasteiger partial charge in [0.1, 0.15) is 11.6 Å². The minimum atomic E-state index is -0.576. The van der Waals surface area contributed by atoms with Crippen LogP contribution in [0.15, 0.2) is 36.4 Å². The van der Waals surface area contributed by atoms with Crippen LogP contribution in [0.5, 0.6) is 0 Å². The Morgan fingerprint density at radius 3 is 2.38 bits per heavy atom. The Kier molecular flexibility index (Phi) is 5.32. The van der Waals surface area contributed by atoms with E-state index < -0.39 is 11.6 Å². The van der Waals surface area contributed by atoms with Gasteiger partial charge in [-0.3, -0.25) is 0 Å². The largest absolute Gasteiger partial charge is 0.306 e. The fraction of sp³-hybridized carbons (Fsp3) is 0.294. The van der Waals surface area contributed by atoms with Crippen LogP contribution in [-0.4, -0.2) is 6.54 Å². The zero-order valence-corrected chi connectivity index (χ0v) is 12.8. The van der Waals surface area contributed by atoms with E-state index in [9.17, 15) is 8.78 Å². The predicted octanol–water partition coefficient (Wildman–Crippen LogP) is 5.02. The molecule has 0 aromatic heterocycles. The van der Waals surface area contributed by atoms with Crippen molar-refractivity contribution in [3.8, 4) is 0 Å². The van der Waals surface area contributed by atoms with Gasteiger partial charge in [-0.15, -0.1) is 0 Å². The molecule has 2 rings (SSSR count). The van der Waals surface area contributed by atoms with Crippen molar-refractivity contribution in [3.05, 3.63) is 69.7 Å². The van der Waals surface area contributed by atoms with E-state index in [1.165, 1.54) is 12.1 Å². The molecule has 0 amide bonds. The molecule has 0 aliphatic rings. The van der Waals surface area contributed by atoms with E-state index in [1.54, 1.807) is 0 Å². The van der Waals surface area contributed by atoms with E-state index in [1.807, 2.05) is 32.0 Å². The van der Waals surface area contributed by atoms with Crippen LogP contribution < -0.4 is 5.32 Å². The zero-order valence-electron chi connectivity index (χ0n) is 12.1. The molecule has 0 heterocycles. The Hall–Kier alpha value is -1.45. The fourth-order valence-electron chi connectivity index (χ4n) is 2.36. The number of rotatable bonds is 5. The van der Waals surface area contributed by atoms with Crippen molar-refractivity contribution in [2.45, 2.75) is 26.3 Å². The number of hydrogen-bond acceptors (Lipinski definition) is 1. The standard InChI is InChI=1S/C17H18ClF2N/c1-3-6-21-17(12-7-14(19)10-15(20)8-12)16-9-13(18)5-4-11(16)2/h4-5,7-10,17,21H,3,6H2,1-2H3. The average Bonchev–Trinajstić information content (AvgIpc) is 2.42. The van der Waals surface area contributed by atoms with Crippen molar-refractivity contribution in [3.63, 3.8) is 0 Å². The molecule has 1 N–H and O–H groups in total. The average molecular weight is 310 g/mol. The van der Waals surface area contributed by atoms with Crippen LogP contribution in [0.25, 0.3) is 0 Å². The van der Waals surface area contributed by atoms with E-state index in [0.717, 1.165) is 30.2 Å². The van der Waals surface area contributed by atoms with E-state index >= 15 is 0 Å². The molecule has 0 spiro atoms. The Morgan fingerprint density at radius 2 is 1.76 bits per heavy atom. The van der Waals surface area contributed by atoms with Gasteiger partial charge >= 0.3 is 0 Å². The van der Waals surface area contributed by atoms with Crippen molar-refractivity contribution < 1.29 is 8.78 Å². The summed E-state index contributed by atoms with van der Waals surface area (Å²) in [6.07, 6.45) is 0.925. The normalized spacial score (nSPS) is 12.4. The van der Waals surface area contributed by atoms with Gasteiger partial charge in [0.25, 0.3) is 0 Å². The molecule has 4 heteroatoms. The van der Waals surface area contributed by atoms with Gasteiger partial charge in [0, 0.05) is 11.1 Å². The molecule has 0 aliphatic heterocycles. The van der Waals surface area contributed by atoms with Gasteiger partial charge in [0.2, 0.25) is 0 Å². The van der Waals surface area contributed by atoms with E-state index in [2.05, 4.69) is 5.32 Å². The highest BCUT2D eigenvalue weighted by Crippen LogP contribution is 2.28. The lowest BCUT2D eigenvalue weighted by molar-refractivity contribution is 0.557. The third-order valence-electron chi connectivity index (χ3n) is 3.37. The molecular formula is C17H18ClF2N. The van der Waals surface area contributed by atoms with Gasteiger partial charge in [-0.1, -0.05) is 24.6 Å². The second kappa shape index (κ2) is 7.01. The Balaban J connectivity index is 2.49. The molecule has 1 atom stereocenters. The summed E-state index contributed by atoms with van der Waals surface area (Å²) in [4.78, 5) is 0. The lowest BCUT2D eigenvalue weighted by Gasteiger charge is -2.22. The third kappa shape index (κ3) is 4.02. The minimum Gasteiger partial charge on any atom is -0.306 e. The van der Waals surface area contributed by atoms with Crippen LogP contribution in [-0.2, 0) is 0 Å². The molecule has 0 aliphatic carbocycles. The topological polar surface area (TPSA) is 12.0 Å². The van der Waals surface area contributed by atoms with Gasteiger partial charge in [-0.05, 0) is 60.8 Å². The SMILES string of the molecule is CCCNC(c1cc(F)cc(F)c1)c1cc(Cl)ccc1C. The number of aryl methyl sites for hydroxylation is 1. The van der Waals surface area contributed by atoms with Crippen LogP contribution >= 0.6 is 11.6 Å². The molecule has 2 aromatic rings. The first-order chi connectivity index (χ1) is 10.0. The number of nitrogens with one attached hydrogen (secondary N) is 1. The van der Waals surface area contributed by atoms with E-state index in [4.69, 9.17) is 11.6 Å². The fourth-order valence-corrected chi connectivity index (χ4v) is 2.54. The number of benzene rings is 2. The first-order valence-corrected chi connectivity index (χ1v) is 7.34. The molecule has 2 aromatic carbocycles. The molecule has 0 radical (unpaired) electrons. The second-order valence-electron chi connectivity index (χ2n) is 5.09. The van der Waals surface area contributed by atoms with Crippen molar-refractivity contribution in [2.24, 2.45) is 0 Å². The summed E-state index contributed by atoms with van der Waals surface area (Å²) in [5, 5.41) is 3.94. The van der Waals surface area contributed by atoms with E-state index in [-0.39, 0.29) is 6.04 Å². The molecule has 0 saturated heterocycles. The van der Waals surface area contributed by atoms with Crippen LogP contribution in [0, 0.1) is 18.6 Å².